The second-order valence-corrected chi connectivity index (χ2v) is 5.77. The molecule has 0 aliphatic rings. The Morgan fingerprint density at radius 3 is 2.75 bits per heavy atom. The van der Waals surface area contributed by atoms with Crippen LogP contribution in [0.1, 0.15) is 24.2 Å². The maximum atomic E-state index is 12.0. The van der Waals surface area contributed by atoms with Gasteiger partial charge in [0, 0.05) is 16.1 Å². The second-order valence-electron chi connectivity index (χ2n) is 4.54. The van der Waals surface area contributed by atoms with Crippen molar-refractivity contribution < 1.29 is 4.79 Å². The normalized spacial score (nSPS) is 12.2. The largest absolute Gasteiger partial charge is 0.348 e. The maximum Gasteiger partial charge on any atom is 0.307 e. The van der Waals surface area contributed by atoms with Gasteiger partial charge in [-0.3, -0.25) is 14.2 Å². The Hall–Kier alpha value is -1.59. The summed E-state index contributed by atoms with van der Waals surface area (Å²) in [7, 11) is 0. The van der Waals surface area contributed by atoms with E-state index in [0.717, 1.165) is 22.6 Å². The molecule has 1 atom stereocenters. The predicted octanol–water partition coefficient (Wildman–Crippen LogP) is 2.75. The van der Waals surface area contributed by atoms with E-state index in [4.69, 9.17) is 11.6 Å². The topological polar surface area (TPSA) is 51.1 Å². The van der Waals surface area contributed by atoms with Crippen LogP contribution in [0.25, 0.3) is 0 Å². The average Bonchev–Trinajstić information content (AvgIpc) is 2.71. The number of halogens is 1. The van der Waals surface area contributed by atoms with E-state index in [2.05, 4.69) is 5.32 Å². The summed E-state index contributed by atoms with van der Waals surface area (Å²) >= 11 is 7.19. The summed E-state index contributed by atoms with van der Waals surface area (Å²) in [5.74, 6) is -0.207. The number of aromatic nitrogens is 1. The Bertz CT molecular complexity index is 678. The number of carbonyl (C=O) groups excluding carboxylic acids is 1. The van der Waals surface area contributed by atoms with Gasteiger partial charge in [0.05, 0.1) is 6.04 Å². The summed E-state index contributed by atoms with van der Waals surface area (Å²) in [5, 5.41) is 5.21. The quantitative estimate of drug-likeness (QED) is 0.944. The third-order valence-corrected chi connectivity index (χ3v) is 4.25. The first-order chi connectivity index (χ1) is 9.49. The molecule has 1 aromatic carbocycles. The highest BCUT2D eigenvalue weighted by atomic mass is 35.5. The van der Waals surface area contributed by atoms with Crippen LogP contribution in [0.2, 0.25) is 5.02 Å². The number of hydrogen-bond donors (Lipinski definition) is 1. The van der Waals surface area contributed by atoms with Gasteiger partial charge in [0.2, 0.25) is 5.91 Å². The lowest BCUT2D eigenvalue weighted by Crippen LogP contribution is -2.32. The van der Waals surface area contributed by atoms with E-state index in [1.54, 1.807) is 11.4 Å². The smallest absolute Gasteiger partial charge is 0.307 e. The predicted molar refractivity (Wildman–Crippen MR) is 81.3 cm³/mol. The van der Waals surface area contributed by atoms with Crippen LogP contribution in [0.15, 0.2) is 34.4 Å². The van der Waals surface area contributed by atoms with Crippen molar-refractivity contribution in [2.45, 2.75) is 26.4 Å². The van der Waals surface area contributed by atoms with Crippen LogP contribution in [0.5, 0.6) is 0 Å². The van der Waals surface area contributed by atoms with E-state index >= 15 is 0 Å². The monoisotopic (exact) mass is 310 g/mol. The molecule has 1 unspecified atom stereocenters. The zero-order valence-electron chi connectivity index (χ0n) is 11.2. The van der Waals surface area contributed by atoms with Crippen molar-refractivity contribution in [2.75, 3.05) is 0 Å². The number of hydrogen-bond acceptors (Lipinski definition) is 3. The number of aryl methyl sites for hydroxylation is 1. The lowest BCUT2D eigenvalue weighted by atomic mass is 10.1. The molecule has 0 saturated heterocycles. The summed E-state index contributed by atoms with van der Waals surface area (Å²) < 4.78 is 1.46. The van der Waals surface area contributed by atoms with Crippen molar-refractivity contribution in [3.63, 3.8) is 0 Å². The van der Waals surface area contributed by atoms with Gasteiger partial charge < -0.3 is 5.32 Å². The van der Waals surface area contributed by atoms with Crippen LogP contribution in [-0.2, 0) is 11.3 Å². The third-order valence-electron chi connectivity index (χ3n) is 3.03. The number of nitrogens with one attached hydrogen (secondary N) is 1. The Kier molecular flexibility index (Phi) is 4.62. The average molecular weight is 311 g/mol. The molecule has 20 heavy (non-hydrogen) atoms. The van der Waals surface area contributed by atoms with Gasteiger partial charge in [-0.2, -0.15) is 0 Å². The highest BCUT2D eigenvalue weighted by Gasteiger charge is 2.14. The van der Waals surface area contributed by atoms with Gasteiger partial charge in [-0.05, 0) is 25.5 Å². The van der Waals surface area contributed by atoms with Gasteiger partial charge in [0.1, 0.15) is 6.54 Å². The summed E-state index contributed by atoms with van der Waals surface area (Å²) in [4.78, 5) is 23.4. The molecule has 6 heteroatoms. The first-order valence-corrected chi connectivity index (χ1v) is 7.43. The zero-order chi connectivity index (χ0) is 14.7. The molecule has 1 heterocycles. The fourth-order valence-corrected chi connectivity index (χ4v) is 2.96. The minimum Gasteiger partial charge on any atom is -0.348 e. The standard InChI is InChI=1S/C14H15ClN2O2S/c1-9-8-20-14(19)17(9)7-13(18)16-10(2)11-5-3-4-6-12(11)15/h3-6,8,10H,7H2,1-2H3,(H,16,18). The van der Waals surface area contributed by atoms with Crippen molar-refractivity contribution >= 4 is 28.8 Å². The van der Waals surface area contributed by atoms with E-state index in [9.17, 15) is 9.59 Å². The van der Waals surface area contributed by atoms with E-state index in [1.807, 2.05) is 32.0 Å². The number of rotatable bonds is 4. The van der Waals surface area contributed by atoms with Gasteiger partial charge in [0.25, 0.3) is 0 Å². The molecule has 0 radical (unpaired) electrons. The molecule has 0 fully saturated rings. The summed E-state index contributed by atoms with van der Waals surface area (Å²) in [5.41, 5.74) is 1.65. The van der Waals surface area contributed by atoms with Crippen molar-refractivity contribution in [3.8, 4) is 0 Å². The van der Waals surface area contributed by atoms with E-state index in [0.29, 0.717) is 5.02 Å². The van der Waals surface area contributed by atoms with E-state index < -0.39 is 0 Å². The molecular weight excluding hydrogens is 296 g/mol. The summed E-state index contributed by atoms with van der Waals surface area (Å²) in [6.07, 6.45) is 0. The number of thiazole rings is 1. The highest BCUT2D eigenvalue weighted by Crippen LogP contribution is 2.21. The van der Waals surface area contributed by atoms with Crippen LogP contribution in [0.3, 0.4) is 0 Å². The van der Waals surface area contributed by atoms with Crippen molar-refractivity contribution in [1.29, 1.82) is 0 Å². The zero-order valence-corrected chi connectivity index (χ0v) is 12.8. The Morgan fingerprint density at radius 1 is 1.45 bits per heavy atom. The van der Waals surface area contributed by atoms with Crippen LogP contribution in [0, 0.1) is 6.92 Å². The van der Waals surface area contributed by atoms with Crippen LogP contribution in [-0.4, -0.2) is 10.5 Å². The fraction of sp³-hybridized carbons (Fsp3) is 0.286. The molecule has 0 saturated carbocycles. The lowest BCUT2D eigenvalue weighted by Gasteiger charge is -2.16. The SMILES string of the molecule is Cc1csc(=O)n1CC(=O)NC(C)c1ccccc1Cl. The Balaban J connectivity index is 2.05. The van der Waals surface area contributed by atoms with Crippen LogP contribution in [0.4, 0.5) is 0 Å². The molecule has 0 aliphatic carbocycles. The number of amides is 1. The second kappa shape index (κ2) is 6.24. The first kappa shape index (κ1) is 14.8. The van der Waals surface area contributed by atoms with Gasteiger partial charge in [0.15, 0.2) is 0 Å². The molecule has 106 valence electrons. The Labute approximate surface area is 126 Å². The first-order valence-electron chi connectivity index (χ1n) is 6.17. The van der Waals surface area contributed by atoms with Crippen LogP contribution >= 0.6 is 22.9 Å². The fourth-order valence-electron chi connectivity index (χ4n) is 1.93. The number of benzene rings is 1. The van der Waals surface area contributed by atoms with Gasteiger partial charge in [-0.25, -0.2) is 0 Å². The number of nitrogens with zero attached hydrogens (tertiary/aromatic N) is 1. The van der Waals surface area contributed by atoms with Gasteiger partial charge >= 0.3 is 4.87 Å². The molecule has 2 aromatic rings. The van der Waals surface area contributed by atoms with Gasteiger partial charge in [-0.15, -0.1) is 0 Å². The van der Waals surface area contributed by atoms with Crippen molar-refractivity contribution in [2.24, 2.45) is 0 Å². The molecule has 0 bridgehead atoms. The van der Waals surface area contributed by atoms with Crippen LogP contribution < -0.4 is 10.2 Å². The maximum absolute atomic E-state index is 12.0. The van der Waals surface area contributed by atoms with E-state index in [-0.39, 0.29) is 23.4 Å². The summed E-state index contributed by atoms with van der Waals surface area (Å²) in [6.45, 7) is 3.70. The van der Waals surface area contributed by atoms with Gasteiger partial charge in [-0.1, -0.05) is 41.1 Å². The minimum absolute atomic E-state index is 0.0307. The molecule has 0 aliphatic heterocycles. The third kappa shape index (κ3) is 3.29. The van der Waals surface area contributed by atoms with E-state index in [1.165, 1.54) is 4.57 Å². The molecule has 0 spiro atoms. The molecular formula is C14H15ClN2O2S. The molecule has 2 rings (SSSR count). The molecule has 4 nitrogen and oxygen atoms in total. The van der Waals surface area contributed by atoms with Crippen molar-refractivity contribution in [3.05, 3.63) is 55.6 Å². The number of carbonyl (C=O) groups is 1. The molecule has 1 amide bonds. The lowest BCUT2D eigenvalue weighted by molar-refractivity contribution is -0.122. The molecule has 1 aromatic heterocycles. The van der Waals surface area contributed by atoms with Crippen molar-refractivity contribution in [1.82, 2.24) is 9.88 Å². The highest BCUT2D eigenvalue weighted by molar-refractivity contribution is 7.07. The molecule has 1 N–H and O–H groups in total. The minimum atomic E-state index is -0.207. The summed E-state index contributed by atoms with van der Waals surface area (Å²) in [6, 6.07) is 7.17. The Morgan fingerprint density at radius 2 is 2.15 bits per heavy atom.